The fourth-order valence-corrected chi connectivity index (χ4v) is 4.87. The van der Waals surface area contributed by atoms with Gasteiger partial charge in [-0.3, -0.25) is 9.88 Å². The van der Waals surface area contributed by atoms with E-state index in [1.54, 1.807) is 54.6 Å². The predicted octanol–water partition coefficient (Wildman–Crippen LogP) is 4.72. The number of carbonyl (C=O) groups is 4. The lowest BCUT2D eigenvalue weighted by Crippen LogP contribution is -2.42. The Morgan fingerprint density at radius 2 is 1.25 bits per heavy atom. The third kappa shape index (κ3) is 8.50. The molecule has 2 heterocycles. The summed E-state index contributed by atoms with van der Waals surface area (Å²) in [5.41, 5.74) is -0.376. The van der Waals surface area contributed by atoms with Crippen LogP contribution in [0.1, 0.15) is 63.5 Å². The quantitative estimate of drug-likeness (QED) is 0.124. The van der Waals surface area contributed by atoms with Crippen molar-refractivity contribution in [1.29, 1.82) is 0 Å². The van der Waals surface area contributed by atoms with Crippen LogP contribution in [0.4, 0.5) is 10.6 Å². The minimum Gasteiger partial charge on any atom is -0.450 e. The molecule has 0 spiro atoms. The molecule has 0 unspecified atom stereocenters. The molecular weight excluding hydrogens is 620 g/mol. The van der Waals surface area contributed by atoms with Gasteiger partial charge in [0.25, 0.3) is 0 Å². The molecule has 1 aliphatic rings. The van der Waals surface area contributed by atoms with Crippen LogP contribution < -0.4 is 16.3 Å². The largest absolute Gasteiger partial charge is 0.450 e. The monoisotopic (exact) mass is 654 g/mol. The van der Waals surface area contributed by atoms with E-state index in [2.05, 4.69) is 15.6 Å². The standard InChI is InChI=1S/C35H34N4O9/c1-2-3-13-21-36-34(43)37-26-20-22-39(35(44)38-26)29-27(45-30(40)23-14-7-4-8-15-23)28(46-31(41)24-16-9-5-10-17-24)33(47-29)48-32(42)25-18-11-6-12-19-25/h4-12,14-20,22,27-29,33H,2-3,13,21H2,1H3,(H2,36,37,38,43,44)/t27-,28-,29+,33+/m0/s1. The number of rotatable bonds is 12. The summed E-state index contributed by atoms with van der Waals surface area (Å²) in [6, 6.07) is 24.9. The first-order chi connectivity index (χ1) is 23.3. The molecule has 0 bridgehead atoms. The molecule has 0 saturated carbocycles. The maximum absolute atomic E-state index is 13.4. The van der Waals surface area contributed by atoms with Crippen LogP contribution in [-0.4, -0.2) is 58.5 Å². The molecular formula is C35H34N4O9. The molecule has 2 N–H and O–H groups in total. The Kier molecular flexibility index (Phi) is 11.3. The van der Waals surface area contributed by atoms with Crippen molar-refractivity contribution in [2.75, 3.05) is 11.9 Å². The number of esters is 3. The second-order valence-electron chi connectivity index (χ2n) is 10.7. The second-order valence-corrected chi connectivity index (χ2v) is 10.7. The number of nitrogens with one attached hydrogen (secondary N) is 2. The summed E-state index contributed by atoms with van der Waals surface area (Å²) in [5.74, 6) is -2.49. The van der Waals surface area contributed by atoms with E-state index in [0.29, 0.717) is 6.54 Å². The summed E-state index contributed by atoms with van der Waals surface area (Å²) in [5, 5.41) is 5.21. The number of hydrogen-bond acceptors (Lipinski definition) is 10. The van der Waals surface area contributed by atoms with E-state index in [9.17, 15) is 24.0 Å². The van der Waals surface area contributed by atoms with Crippen LogP contribution >= 0.6 is 0 Å². The van der Waals surface area contributed by atoms with Gasteiger partial charge in [-0.05, 0) is 48.9 Å². The van der Waals surface area contributed by atoms with E-state index >= 15 is 0 Å². The lowest BCUT2D eigenvalue weighted by Gasteiger charge is -2.24. The Morgan fingerprint density at radius 3 is 1.77 bits per heavy atom. The number of carbonyl (C=O) groups excluding carboxylic acids is 4. The molecule has 0 radical (unpaired) electrons. The molecule has 1 saturated heterocycles. The number of hydrogen-bond donors (Lipinski definition) is 2. The first-order valence-electron chi connectivity index (χ1n) is 15.4. The number of benzene rings is 3. The molecule has 4 atom stereocenters. The highest BCUT2D eigenvalue weighted by Crippen LogP contribution is 2.35. The number of amides is 2. The molecule has 1 aliphatic heterocycles. The van der Waals surface area contributed by atoms with Gasteiger partial charge in [0.2, 0.25) is 12.4 Å². The summed E-state index contributed by atoms with van der Waals surface area (Å²) in [6.45, 7) is 2.50. The zero-order valence-corrected chi connectivity index (χ0v) is 26.0. The maximum Gasteiger partial charge on any atom is 0.351 e. The third-order valence-corrected chi connectivity index (χ3v) is 7.30. The summed E-state index contributed by atoms with van der Waals surface area (Å²) in [6.07, 6.45) is -2.11. The molecule has 13 heteroatoms. The van der Waals surface area contributed by atoms with Crippen molar-refractivity contribution in [1.82, 2.24) is 14.9 Å². The van der Waals surface area contributed by atoms with Gasteiger partial charge in [-0.25, -0.2) is 24.0 Å². The molecule has 248 valence electrons. The molecule has 1 aromatic heterocycles. The van der Waals surface area contributed by atoms with Crippen molar-refractivity contribution in [3.8, 4) is 0 Å². The predicted molar refractivity (Wildman–Crippen MR) is 172 cm³/mol. The first kappa shape index (κ1) is 33.5. The molecule has 2 amide bonds. The van der Waals surface area contributed by atoms with E-state index in [1.165, 1.54) is 48.7 Å². The van der Waals surface area contributed by atoms with Gasteiger partial charge in [-0.15, -0.1) is 0 Å². The lowest BCUT2D eigenvalue weighted by atomic mass is 10.1. The number of aromatic nitrogens is 2. The van der Waals surface area contributed by atoms with E-state index in [0.717, 1.165) is 23.8 Å². The van der Waals surface area contributed by atoms with E-state index in [4.69, 9.17) is 18.9 Å². The average molecular weight is 655 g/mol. The molecule has 4 aromatic rings. The Morgan fingerprint density at radius 1 is 0.729 bits per heavy atom. The molecule has 5 rings (SSSR count). The van der Waals surface area contributed by atoms with Crippen molar-refractivity contribution < 1.29 is 38.1 Å². The van der Waals surface area contributed by atoms with Gasteiger partial charge in [-0.1, -0.05) is 74.4 Å². The first-order valence-corrected chi connectivity index (χ1v) is 15.4. The normalized spacial score (nSPS) is 18.4. The van der Waals surface area contributed by atoms with Crippen molar-refractivity contribution in [2.24, 2.45) is 0 Å². The van der Waals surface area contributed by atoms with Crippen LogP contribution in [0.3, 0.4) is 0 Å². The Labute approximate surface area is 275 Å². The van der Waals surface area contributed by atoms with Gasteiger partial charge >= 0.3 is 29.6 Å². The Balaban J connectivity index is 1.47. The van der Waals surface area contributed by atoms with Gasteiger partial charge in [0.05, 0.1) is 16.7 Å². The average Bonchev–Trinajstić information content (AvgIpc) is 3.42. The number of anilines is 1. The van der Waals surface area contributed by atoms with Crippen LogP contribution in [0.25, 0.3) is 0 Å². The van der Waals surface area contributed by atoms with Crippen molar-refractivity contribution in [3.05, 3.63) is 130 Å². The Bertz CT molecular complexity index is 1770. The number of ether oxygens (including phenoxy) is 4. The SMILES string of the molecule is CCCCCNC(=O)Nc1ccn([C@@H]2O[C@H](OC(=O)c3ccccc3)[C@@H](OC(=O)c3ccccc3)[C@@H]2OC(=O)c2ccccc2)c(=O)n1. The van der Waals surface area contributed by atoms with Crippen molar-refractivity contribution >= 4 is 29.8 Å². The summed E-state index contributed by atoms with van der Waals surface area (Å²) >= 11 is 0. The molecule has 0 aliphatic carbocycles. The van der Waals surface area contributed by atoms with Gasteiger partial charge in [-0.2, -0.15) is 4.98 Å². The minimum atomic E-state index is -1.62. The summed E-state index contributed by atoms with van der Waals surface area (Å²) < 4.78 is 24.3. The fraction of sp³-hybridized carbons (Fsp3) is 0.257. The molecule has 13 nitrogen and oxygen atoms in total. The van der Waals surface area contributed by atoms with Gasteiger partial charge in [0, 0.05) is 12.7 Å². The highest BCUT2D eigenvalue weighted by atomic mass is 16.8. The lowest BCUT2D eigenvalue weighted by molar-refractivity contribution is -0.149. The van der Waals surface area contributed by atoms with Crippen molar-refractivity contribution in [2.45, 2.75) is 50.9 Å². The summed E-state index contributed by atoms with van der Waals surface area (Å²) in [7, 11) is 0. The molecule has 1 fully saturated rings. The summed E-state index contributed by atoms with van der Waals surface area (Å²) in [4.78, 5) is 69.4. The van der Waals surface area contributed by atoms with Crippen LogP contribution in [0.15, 0.2) is 108 Å². The highest BCUT2D eigenvalue weighted by Gasteiger charge is 2.53. The Hall–Kier alpha value is -5.82. The van der Waals surface area contributed by atoms with Gasteiger partial charge in [0.1, 0.15) is 5.82 Å². The zero-order valence-electron chi connectivity index (χ0n) is 26.0. The van der Waals surface area contributed by atoms with Crippen LogP contribution in [-0.2, 0) is 18.9 Å². The molecule has 3 aromatic carbocycles. The van der Waals surface area contributed by atoms with Gasteiger partial charge < -0.3 is 24.3 Å². The van der Waals surface area contributed by atoms with Crippen LogP contribution in [0.5, 0.6) is 0 Å². The number of nitrogens with zero attached hydrogens (tertiary/aromatic N) is 2. The van der Waals surface area contributed by atoms with Crippen LogP contribution in [0.2, 0.25) is 0 Å². The second kappa shape index (κ2) is 16.1. The number of urea groups is 1. The van der Waals surface area contributed by atoms with Crippen LogP contribution in [0, 0.1) is 0 Å². The van der Waals surface area contributed by atoms with Gasteiger partial charge in [0.15, 0.2) is 12.3 Å². The third-order valence-electron chi connectivity index (χ3n) is 7.30. The fourth-order valence-electron chi connectivity index (χ4n) is 4.87. The smallest absolute Gasteiger partial charge is 0.351 e. The van der Waals surface area contributed by atoms with E-state index in [-0.39, 0.29) is 22.5 Å². The topological polar surface area (TPSA) is 164 Å². The zero-order chi connectivity index (χ0) is 33.9. The maximum atomic E-state index is 13.4. The minimum absolute atomic E-state index is 0.0424. The molecule has 48 heavy (non-hydrogen) atoms. The van der Waals surface area contributed by atoms with E-state index in [1.807, 2.05) is 6.92 Å². The highest BCUT2D eigenvalue weighted by molar-refractivity contribution is 5.91. The van der Waals surface area contributed by atoms with Crippen molar-refractivity contribution in [3.63, 3.8) is 0 Å². The number of unbranched alkanes of at least 4 members (excludes halogenated alkanes) is 2. The van der Waals surface area contributed by atoms with E-state index < -0.39 is 54.4 Å².